The van der Waals surface area contributed by atoms with E-state index in [1.165, 1.54) is 5.06 Å². The van der Waals surface area contributed by atoms with Gasteiger partial charge in [0.2, 0.25) is 0 Å². The molecule has 0 amide bonds. The molecular weight excluding hydrogens is 430 g/mol. The molecule has 186 valence electrons. The van der Waals surface area contributed by atoms with Crippen molar-refractivity contribution in [1.29, 1.82) is 0 Å². The highest BCUT2D eigenvalue weighted by Gasteiger charge is 2.13. The molecule has 0 saturated heterocycles. The lowest BCUT2D eigenvalue weighted by Gasteiger charge is -2.19. The van der Waals surface area contributed by atoms with Gasteiger partial charge in [0.25, 0.3) is 0 Å². The molecule has 2 rings (SSSR count). The Morgan fingerprint density at radius 2 is 1.53 bits per heavy atom. The van der Waals surface area contributed by atoms with Gasteiger partial charge in [-0.25, -0.2) is 0 Å². The summed E-state index contributed by atoms with van der Waals surface area (Å²) in [7, 11) is 3.27. The molecule has 0 unspecified atom stereocenters. The van der Waals surface area contributed by atoms with Gasteiger partial charge in [-0.1, -0.05) is 30.4 Å². The maximum Gasteiger partial charge on any atom is 0.162 e. The normalized spacial score (nSPS) is 11.5. The predicted molar refractivity (Wildman–Crippen MR) is 138 cm³/mol. The van der Waals surface area contributed by atoms with Crippen LogP contribution in [0.2, 0.25) is 0 Å². The monoisotopic (exact) mass is 469 g/mol. The van der Waals surface area contributed by atoms with Gasteiger partial charge in [0.15, 0.2) is 23.0 Å². The zero-order chi connectivity index (χ0) is 25.3. The Morgan fingerprint density at radius 1 is 0.912 bits per heavy atom. The van der Waals surface area contributed by atoms with Crippen molar-refractivity contribution in [3.8, 4) is 23.0 Å². The Kier molecular flexibility index (Phi) is 10.5. The van der Waals surface area contributed by atoms with E-state index in [0.717, 1.165) is 22.3 Å². The molecule has 0 heterocycles. The lowest BCUT2D eigenvalue weighted by Crippen LogP contribution is -2.23. The Balaban J connectivity index is 2.41. The molecule has 0 bridgehead atoms. The second-order valence-corrected chi connectivity index (χ2v) is 8.87. The molecule has 0 spiro atoms. The minimum Gasteiger partial charge on any atom is -0.493 e. The van der Waals surface area contributed by atoms with Crippen LogP contribution in [-0.2, 0) is 6.42 Å². The molecule has 0 aliphatic carbocycles. The van der Waals surface area contributed by atoms with Crippen LogP contribution in [-0.4, -0.2) is 49.8 Å². The van der Waals surface area contributed by atoms with Crippen molar-refractivity contribution in [3.63, 3.8) is 0 Å². The Bertz CT molecular complexity index is 981. The molecule has 6 heteroatoms. The van der Waals surface area contributed by atoms with Crippen LogP contribution in [0.4, 0.5) is 0 Å². The van der Waals surface area contributed by atoms with Crippen LogP contribution in [0.3, 0.4) is 0 Å². The summed E-state index contributed by atoms with van der Waals surface area (Å²) in [5.74, 6) is 2.75. The highest BCUT2D eigenvalue weighted by molar-refractivity contribution is 5.74. The van der Waals surface area contributed by atoms with Crippen molar-refractivity contribution in [2.24, 2.45) is 0 Å². The summed E-state index contributed by atoms with van der Waals surface area (Å²) in [5.41, 5.74) is 3.91. The van der Waals surface area contributed by atoms with Crippen molar-refractivity contribution in [3.05, 3.63) is 59.2 Å². The molecule has 2 aromatic carbocycles. The first-order chi connectivity index (χ1) is 16.1. The molecule has 0 aromatic heterocycles. The van der Waals surface area contributed by atoms with Gasteiger partial charge in [-0.2, -0.15) is 5.06 Å². The summed E-state index contributed by atoms with van der Waals surface area (Å²) in [6.45, 7) is 14.6. The van der Waals surface area contributed by atoms with E-state index >= 15 is 0 Å². The predicted octanol–water partition coefficient (Wildman–Crippen LogP) is 6.26. The molecule has 0 aliphatic rings. The molecule has 0 saturated carbocycles. The van der Waals surface area contributed by atoms with Gasteiger partial charge in [0.05, 0.1) is 26.4 Å². The van der Waals surface area contributed by atoms with Gasteiger partial charge in [-0.05, 0) is 82.0 Å². The number of hydrogen-bond acceptors (Lipinski definition) is 6. The fourth-order valence-corrected chi connectivity index (χ4v) is 3.46. The van der Waals surface area contributed by atoms with E-state index in [4.69, 9.17) is 18.9 Å². The summed E-state index contributed by atoms with van der Waals surface area (Å²) in [4.78, 5) is 0. The van der Waals surface area contributed by atoms with Crippen LogP contribution in [0.1, 0.15) is 51.3 Å². The zero-order valence-corrected chi connectivity index (χ0v) is 21.6. The maximum absolute atomic E-state index is 10.2. The third kappa shape index (κ3) is 8.43. The van der Waals surface area contributed by atoms with Gasteiger partial charge in [-0.3, -0.25) is 0 Å². The number of hydroxylamine groups is 2. The van der Waals surface area contributed by atoms with Gasteiger partial charge in [0.1, 0.15) is 0 Å². The topological polar surface area (TPSA) is 60.4 Å². The first-order valence-electron chi connectivity index (χ1n) is 11.6. The Hall–Kier alpha value is -2.96. The fourth-order valence-electron chi connectivity index (χ4n) is 3.46. The quantitative estimate of drug-likeness (QED) is 0.212. The Labute approximate surface area is 204 Å². The van der Waals surface area contributed by atoms with Gasteiger partial charge < -0.3 is 24.2 Å². The maximum atomic E-state index is 10.2. The van der Waals surface area contributed by atoms with Crippen LogP contribution < -0.4 is 18.9 Å². The smallest absolute Gasteiger partial charge is 0.162 e. The van der Waals surface area contributed by atoms with Gasteiger partial charge in [0, 0.05) is 13.1 Å². The number of hydrogen-bond donors (Lipinski definition) is 1. The summed E-state index contributed by atoms with van der Waals surface area (Å²) in [6.07, 6.45) is 4.76. The van der Waals surface area contributed by atoms with E-state index in [1.54, 1.807) is 14.2 Å². The summed E-state index contributed by atoms with van der Waals surface area (Å²) < 4.78 is 22.9. The summed E-state index contributed by atoms with van der Waals surface area (Å²) in [6, 6.07) is 9.82. The average Bonchev–Trinajstić information content (AvgIpc) is 2.75. The van der Waals surface area contributed by atoms with Crippen LogP contribution in [0.25, 0.3) is 12.2 Å². The van der Waals surface area contributed by atoms with Crippen molar-refractivity contribution in [2.45, 2.75) is 53.2 Å². The van der Waals surface area contributed by atoms with E-state index in [2.05, 4.69) is 6.58 Å². The number of methoxy groups -OCH3 is 2. The highest BCUT2D eigenvalue weighted by Crippen LogP contribution is 2.34. The van der Waals surface area contributed by atoms with Gasteiger partial charge >= 0.3 is 0 Å². The molecule has 0 fully saturated rings. The average molecular weight is 470 g/mol. The van der Waals surface area contributed by atoms with E-state index in [1.807, 2.05) is 77.1 Å². The largest absolute Gasteiger partial charge is 0.493 e. The van der Waals surface area contributed by atoms with E-state index in [-0.39, 0.29) is 12.2 Å². The minimum atomic E-state index is 0.0115. The molecule has 6 nitrogen and oxygen atoms in total. The lowest BCUT2D eigenvalue weighted by molar-refractivity contribution is -0.0811. The van der Waals surface area contributed by atoms with E-state index in [0.29, 0.717) is 42.5 Å². The highest BCUT2D eigenvalue weighted by atomic mass is 16.5. The SMILES string of the molecule is C=C(C)CN(O)CCc1cc(OC)c(OC(C)C)cc1/C=C/c1ccc(OC)c(OC(C)C)c1. The van der Waals surface area contributed by atoms with Crippen LogP contribution >= 0.6 is 0 Å². The molecule has 0 atom stereocenters. The second-order valence-electron chi connectivity index (χ2n) is 8.87. The summed E-state index contributed by atoms with van der Waals surface area (Å²) >= 11 is 0. The molecule has 0 aliphatic heterocycles. The van der Waals surface area contributed by atoms with Crippen molar-refractivity contribution < 1.29 is 24.2 Å². The molecule has 1 N–H and O–H groups in total. The number of ether oxygens (including phenoxy) is 4. The standard InChI is InChI=1S/C28H39NO5/c1-19(2)18-29(30)14-13-24-16-26(32-8)28(34-21(5)6)17-23(24)11-9-22-10-12-25(31-7)27(15-22)33-20(3)4/h9-12,15-17,20-21,30H,1,13-14,18H2,2-8H3/b11-9+. The molecular formula is C28H39NO5. The third-order valence-electron chi connectivity index (χ3n) is 4.89. The number of benzene rings is 2. The lowest BCUT2D eigenvalue weighted by atomic mass is 10.0. The first kappa shape index (κ1) is 27.3. The zero-order valence-electron chi connectivity index (χ0n) is 21.6. The van der Waals surface area contributed by atoms with Gasteiger partial charge in [-0.15, -0.1) is 0 Å². The van der Waals surface area contributed by atoms with Crippen molar-refractivity contribution >= 4 is 12.2 Å². The van der Waals surface area contributed by atoms with Crippen LogP contribution in [0, 0.1) is 0 Å². The van der Waals surface area contributed by atoms with Crippen molar-refractivity contribution in [2.75, 3.05) is 27.3 Å². The number of rotatable bonds is 13. The second kappa shape index (κ2) is 13.1. The third-order valence-corrected chi connectivity index (χ3v) is 4.89. The van der Waals surface area contributed by atoms with Crippen LogP contribution in [0.15, 0.2) is 42.5 Å². The minimum absolute atomic E-state index is 0.0115. The number of nitrogens with zero attached hydrogens (tertiary/aromatic N) is 1. The van der Waals surface area contributed by atoms with E-state index < -0.39 is 0 Å². The van der Waals surface area contributed by atoms with Crippen molar-refractivity contribution in [1.82, 2.24) is 5.06 Å². The Morgan fingerprint density at radius 3 is 2.09 bits per heavy atom. The molecule has 34 heavy (non-hydrogen) atoms. The molecule has 0 radical (unpaired) electrons. The van der Waals surface area contributed by atoms with Crippen LogP contribution in [0.5, 0.6) is 23.0 Å². The van der Waals surface area contributed by atoms with E-state index in [9.17, 15) is 5.21 Å². The fraction of sp³-hybridized carbons (Fsp3) is 0.429. The molecule has 2 aromatic rings. The first-order valence-corrected chi connectivity index (χ1v) is 11.6. The summed E-state index contributed by atoms with van der Waals surface area (Å²) in [5, 5.41) is 11.5.